The second-order valence-corrected chi connectivity index (χ2v) is 9.68. The topological polar surface area (TPSA) is 38.1 Å². The van der Waals surface area contributed by atoms with E-state index in [1.165, 1.54) is 27.3 Å². The van der Waals surface area contributed by atoms with Gasteiger partial charge in [-0.25, -0.2) is 0 Å². The van der Waals surface area contributed by atoms with E-state index >= 15 is 0 Å². The molecule has 1 atom stereocenters. The number of benzene rings is 1. The summed E-state index contributed by atoms with van der Waals surface area (Å²) < 4.78 is 2.10. The summed E-state index contributed by atoms with van der Waals surface area (Å²) in [6.45, 7) is 10.3. The number of hydrogen-bond donors (Lipinski definition) is 0. The van der Waals surface area contributed by atoms with Gasteiger partial charge in [0.05, 0.1) is 11.7 Å². The number of thiophene rings is 1. The summed E-state index contributed by atoms with van der Waals surface area (Å²) in [5, 5.41) is 6.88. The van der Waals surface area contributed by atoms with Gasteiger partial charge in [0.1, 0.15) is 0 Å². The van der Waals surface area contributed by atoms with Crippen molar-refractivity contribution in [3.63, 3.8) is 0 Å². The quantitative estimate of drug-likeness (QED) is 0.540. The van der Waals surface area contributed by atoms with E-state index in [1.807, 2.05) is 17.4 Å². The fourth-order valence-electron chi connectivity index (χ4n) is 4.57. The maximum atomic E-state index is 13.4. The van der Waals surface area contributed by atoms with Crippen molar-refractivity contribution in [2.24, 2.45) is 5.92 Å². The van der Waals surface area contributed by atoms with Gasteiger partial charge in [0, 0.05) is 30.1 Å². The minimum atomic E-state index is 0.0274. The summed E-state index contributed by atoms with van der Waals surface area (Å²) in [5.41, 5.74) is 5.98. The number of nitrogens with zero attached hydrogens (tertiary/aromatic N) is 3. The molecular formula is C25H31N3OS. The van der Waals surface area contributed by atoms with Crippen LogP contribution < -0.4 is 0 Å². The highest BCUT2D eigenvalue weighted by Gasteiger charge is 2.32. The van der Waals surface area contributed by atoms with Crippen molar-refractivity contribution in [3.8, 4) is 0 Å². The van der Waals surface area contributed by atoms with Crippen LogP contribution in [-0.2, 0) is 24.2 Å². The van der Waals surface area contributed by atoms with Crippen LogP contribution in [0.5, 0.6) is 0 Å². The summed E-state index contributed by atoms with van der Waals surface area (Å²) >= 11 is 1.81. The predicted octanol–water partition coefficient (Wildman–Crippen LogP) is 5.32. The van der Waals surface area contributed by atoms with Gasteiger partial charge in [-0.3, -0.25) is 9.48 Å². The van der Waals surface area contributed by atoms with E-state index in [1.54, 1.807) is 0 Å². The lowest BCUT2D eigenvalue weighted by Crippen LogP contribution is -2.40. The van der Waals surface area contributed by atoms with Gasteiger partial charge in [-0.05, 0) is 60.7 Å². The Morgan fingerprint density at radius 3 is 2.70 bits per heavy atom. The number of hydrogen-bond acceptors (Lipinski definition) is 3. The fourth-order valence-corrected chi connectivity index (χ4v) is 5.48. The number of carbonyl (C=O) groups is 1. The molecule has 158 valence electrons. The first-order valence-electron chi connectivity index (χ1n) is 10.9. The van der Waals surface area contributed by atoms with Gasteiger partial charge in [-0.1, -0.05) is 44.2 Å². The van der Waals surface area contributed by atoms with Crippen LogP contribution in [0.3, 0.4) is 0 Å². The molecule has 3 aromatic rings. The largest absolute Gasteiger partial charge is 0.331 e. The third kappa shape index (κ3) is 4.08. The molecule has 3 heterocycles. The molecule has 4 nitrogen and oxygen atoms in total. The molecule has 0 radical (unpaired) electrons. The van der Waals surface area contributed by atoms with E-state index in [0.717, 1.165) is 31.6 Å². The Hall–Kier alpha value is -2.40. The SMILES string of the molecule is Cc1nn(CC(C)C)c(C)c1CCC(=O)N1CCc2sccc2[C@@H]1c1ccccc1. The van der Waals surface area contributed by atoms with E-state index in [-0.39, 0.29) is 11.9 Å². The maximum Gasteiger partial charge on any atom is 0.223 e. The first-order chi connectivity index (χ1) is 14.5. The normalized spacial score (nSPS) is 16.2. The summed E-state index contributed by atoms with van der Waals surface area (Å²) in [6.07, 6.45) is 2.23. The zero-order valence-electron chi connectivity index (χ0n) is 18.4. The Balaban J connectivity index is 1.54. The van der Waals surface area contributed by atoms with Crippen molar-refractivity contribution in [1.29, 1.82) is 0 Å². The summed E-state index contributed by atoms with van der Waals surface area (Å²) in [6, 6.07) is 12.7. The third-order valence-electron chi connectivity index (χ3n) is 6.06. The molecule has 0 fully saturated rings. The van der Waals surface area contributed by atoms with Gasteiger partial charge in [0.25, 0.3) is 0 Å². The molecule has 0 N–H and O–H groups in total. The Morgan fingerprint density at radius 2 is 1.97 bits per heavy atom. The molecular weight excluding hydrogens is 390 g/mol. The van der Waals surface area contributed by atoms with Gasteiger partial charge < -0.3 is 4.90 Å². The molecule has 0 saturated heterocycles. The second kappa shape index (κ2) is 8.76. The molecule has 4 rings (SSSR count). The standard InChI is InChI=1S/C25H31N3OS/c1-17(2)16-28-19(4)21(18(3)26-28)10-11-24(29)27-14-12-23-22(13-15-30-23)25(27)20-8-6-5-7-9-20/h5-9,13,15,17,25H,10-12,14,16H2,1-4H3/t25-/m0/s1. The van der Waals surface area contributed by atoms with Gasteiger partial charge >= 0.3 is 0 Å². The molecule has 1 aliphatic rings. The number of fused-ring (bicyclic) bond motifs is 1. The van der Waals surface area contributed by atoms with Crippen molar-refractivity contribution >= 4 is 17.2 Å². The van der Waals surface area contributed by atoms with Crippen LogP contribution in [0.25, 0.3) is 0 Å². The zero-order valence-corrected chi connectivity index (χ0v) is 19.2. The van der Waals surface area contributed by atoms with Crippen molar-refractivity contribution < 1.29 is 4.79 Å². The van der Waals surface area contributed by atoms with Gasteiger partial charge in [0.15, 0.2) is 0 Å². The van der Waals surface area contributed by atoms with Crippen LogP contribution in [0.4, 0.5) is 0 Å². The molecule has 30 heavy (non-hydrogen) atoms. The second-order valence-electron chi connectivity index (χ2n) is 8.67. The van der Waals surface area contributed by atoms with Crippen molar-refractivity contribution in [3.05, 3.63) is 74.7 Å². The Morgan fingerprint density at radius 1 is 1.20 bits per heavy atom. The van der Waals surface area contributed by atoms with Crippen LogP contribution in [0.2, 0.25) is 0 Å². The summed E-state index contributed by atoms with van der Waals surface area (Å²) in [4.78, 5) is 16.9. The van der Waals surface area contributed by atoms with E-state index < -0.39 is 0 Å². The molecule has 5 heteroatoms. The molecule has 0 bridgehead atoms. The minimum absolute atomic E-state index is 0.0274. The van der Waals surface area contributed by atoms with Crippen molar-refractivity contribution in [2.75, 3.05) is 6.54 Å². The van der Waals surface area contributed by atoms with Crippen molar-refractivity contribution in [1.82, 2.24) is 14.7 Å². The molecule has 2 aromatic heterocycles. The van der Waals surface area contributed by atoms with Gasteiger partial charge in [0.2, 0.25) is 5.91 Å². The average Bonchev–Trinajstić information content (AvgIpc) is 3.30. The molecule has 0 spiro atoms. The Bertz CT molecular complexity index is 1020. The molecule has 1 aromatic carbocycles. The first-order valence-corrected chi connectivity index (χ1v) is 11.8. The number of aromatic nitrogens is 2. The van der Waals surface area contributed by atoms with E-state index in [2.05, 4.69) is 73.0 Å². The monoisotopic (exact) mass is 421 g/mol. The Kier molecular flexibility index (Phi) is 6.09. The van der Waals surface area contributed by atoms with Crippen molar-refractivity contribution in [2.45, 2.75) is 59.5 Å². The zero-order chi connectivity index (χ0) is 21.3. The molecule has 0 unspecified atom stereocenters. The highest BCUT2D eigenvalue weighted by Crippen LogP contribution is 2.38. The highest BCUT2D eigenvalue weighted by molar-refractivity contribution is 7.10. The van der Waals surface area contributed by atoms with Gasteiger partial charge in [-0.15, -0.1) is 11.3 Å². The number of rotatable bonds is 6. The Labute approximate surface area is 183 Å². The van der Waals surface area contributed by atoms with E-state index in [9.17, 15) is 4.79 Å². The predicted molar refractivity (Wildman–Crippen MR) is 123 cm³/mol. The van der Waals surface area contributed by atoms with Crippen LogP contribution >= 0.6 is 11.3 Å². The number of carbonyl (C=O) groups excluding carboxylic acids is 1. The molecule has 1 aliphatic heterocycles. The smallest absolute Gasteiger partial charge is 0.223 e. The van der Waals surface area contributed by atoms with E-state index in [0.29, 0.717) is 12.3 Å². The lowest BCUT2D eigenvalue weighted by atomic mass is 9.92. The summed E-state index contributed by atoms with van der Waals surface area (Å²) in [5.74, 6) is 0.786. The van der Waals surface area contributed by atoms with Crippen LogP contribution in [-0.4, -0.2) is 27.1 Å². The minimum Gasteiger partial charge on any atom is -0.331 e. The number of aryl methyl sites for hydroxylation is 1. The van der Waals surface area contributed by atoms with E-state index in [4.69, 9.17) is 5.10 Å². The summed E-state index contributed by atoms with van der Waals surface area (Å²) in [7, 11) is 0. The first kappa shape index (κ1) is 20.9. The fraction of sp³-hybridized carbons (Fsp3) is 0.440. The molecule has 0 aliphatic carbocycles. The van der Waals surface area contributed by atoms with Gasteiger partial charge in [-0.2, -0.15) is 5.10 Å². The van der Waals surface area contributed by atoms with Crippen LogP contribution in [0.15, 0.2) is 41.8 Å². The average molecular weight is 422 g/mol. The lowest BCUT2D eigenvalue weighted by molar-refractivity contribution is -0.133. The highest BCUT2D eigenvalue weighted by atomic mass is 32.1. The van der Waals surface area contributed by atoms with Crippen LogP contribution in [0, 0.1) is 19.8 Å². The maximum absolute atomic E-state index is 13.4. The molecule has 0 saturated carbocycles. The lowest BCUT2D eigenvalue weighted by Gasteiger charge is -2.36. The van der Waals surface area contributed by atoms with Crippen LogP contribution in [0.1, 0.15) is 59.3 Å². The number of amides is 1. The third-order valence-corrected chi connectivity index (χ3v) is 7.06. The molecule has 1 amide bonds.